The Morgan fingerprint density at radius 3 is 2.25 bits per heavy atom. The van der Waals surface area contributed by atoms with Gasteiger partial charge in [-0.3, -0.25) is 0 Å². The Hall–Kier alpha value is -0.0800. The molecule has 0 spiro atoms. The van der Waals surface area contributed by atoms with Gasteiger partial charge in [0.1, 0.15) is 0 Å². The average molecular weight is 171 g/mol. The van der Waals surface area contributed by atoms with Gasteiger partial charge in [-0.1, -0.05) is 6.92 Å². The Kier molecular flexibility index (Phi) is 3.13. The van der Waals surface area contributed by atoms with Crippen molar-refractivity contribution >= 4 is 0 Å². The first-order chi connectivity index (χ1) is 5.47. The van der Waals surface area contributed by atoms with E-state index in [2.05, 4.69) is 11.8 Å². The Morgan fingerprint density at radius 2 is 1.83 bits per heavy atom. The fourth-order valence-corrected chi connectivity index (χ4v) is 1.77. The van der Waals surface area contributed by atoms with Crippen molar-refractivity contribution in [2.45, 2.75) is 39.2 Å². The molecule has 0 aromatic rings. The molecule has 0 aliphatic carbocycles. The highest BCUT2D eigenvalue weighted by Crippen LogP contribution is 2.17. The van der Waals surface area contributed by atoms with Crippen LogP contribution in [-0.2, 0) is 0 Å². The first-order valence-electron chi connectivity index (χ1n) is 4.92. The monoisotopic (exact) mass is 171 g/mol. The van der Waals surface area contributed by atoms with Gasteiger partial charge in [0.05, 0.1) is 5.60 Å². The van der Waals surface area contributed by atoms with Gasteiger partial charge in [-0.25, -0.2) is 0 Å². The van der Waals surface area contributed by atoms with Gasteiger partial charge in [-0.15, -0.1) is 0 Å². The third-order valence-corrected chi connectivity index (χ3v) is 2.49. The number of rotatable bonds is 2. The predicted molar refractivity (Wildman–Crippen MR) is 51.1 cm³/mol. The van der Waals surface area contributed by atoms with Crippen molar-refractivity contribution in [3.05, 3.63) is 0 Å². The van der Waals surface area contributed by atoms with Gasteiger partial charge in [0.25, 0.3) is 0 Å². The van der Waals surface area contributed by atoms with Gasteiger partial charge in [0, 0.05) is 6.54 Å². The van der Waals surface area contributed by atoms with Gasteiger partial charge in [0.2, 0.25) is 0 Å². The molecule has 1 N–H and O–H groups in total. The molecule has 12 heavy (non-hydrogen) atoms. The van der Waals surface area contributed by atoms with Gasteiger partial charge >= 0.3 is 0 Å². The zero-order valence-electron chi connectivity index (χ0n) is 8.51. The Bertz CT molecular complexity index is 131. The molecular formula is C10H21NO. The standard InChI is InChI=1S/C10H21NO/c1-9-4-6-11(7-5-9)8-10(2,3)12/h9,12H,4-8H2,1-3H3. The SMILES string of the molecule is CC1CCN(CC(C)(C)O)CC1. The Balaban J connectivity index is 2.26. The summed E-state index contributed by atoms with van der Waals surface area (Å²) >= 11 is 0. The molecule has 0 bridgehead atoms. The van der Waals surface area contributed by atoms with Crippen LogP contribution in [-0.4, -0.2) is 35.2 Å². The lowest BCUT2D eigenvalue weighted by atomic mass is 9.98. The molecule has 72 valence electrons. The van der Waals surface area contributed by atoms with Crippen molar-refractivity contribution in [3.8, 4) is 0 Å². The highest BCUT2D eigenvalue weighted by Gasteiger charge is 2.21. The maximum absolute atomic E-state index is 9.59. The molecule has 0 radical (unpaired) electrons. The molecule has 0 unspecified atom stereocenters. The average Bonchev–Trinajstić information content (AvgIpc) is 1.91. The molecule has 0 aromatic carbocycles. The molecule has 0 aromatic heterocycles. The lowest BCUT2D eigenvalue weighted by Crippen LogP contribution is -2.42. The molecule has 0 atom stereocenters. The Labute approximate surface area is 75.6 Å². The smallest absolute Gasteiger partial charge is 0.0718 e. The summed E-state index contributed by atoms with van der Waals surface area (Å²) in [6, 6.07) is 0. The van der Waals surface area contributed by atoms with E-state index in [1.807, 2.05) is 13.8 Å². The molecule has 2 heteroatoms. The van der Waals surface area contributed by atoms with Gasteiger partial charge in [-0.05, 0) is 45.7 Å². The minimum atomic E-state index is -0.527. The van der Waals surface area contributed by atoms with Crippen LogP contribution in [0, 0.1) is 5.92 Å². The van der Waals surface area contributed by atoms with Crippen molar-refractivity contribution < 1.29 is 5.11 Å². The van der Waals surface area contributed by atoms with Crippen molar-refractivity contribution in [2.75, 3.05) is 19.6 Å². The minimum Gasteiger partial charge on any atom is -0.389 e. The molecular weight excluding hydrogens is 150 g/mol. The summed E-state index contributed by atoms with van der Waals surface area (Å²) in [5, 5.41) is 9.59. The van der Waals surface area contributed by atoms with E-state index in [1.54, 1.807) is 0 Å². The lowest BCUT2D eigenvalue weighted by molar-refractivity contribution is 0.0255. The first kappa shape index (κ1) is 10.0. The third kappa shape index (κ3) is 3.55. The maximum Gasteiger partial charge on any atom is 0.0718 e. The van der Waals surface area contributed by atoms with Crippen LogP contribution < -0.4 is 0 Å². The van der Waals surface area contributed by atoms with Crippen LogP contribution in [0.1, 0.15) is 33.6 Å². The molecule has 1 aliphatic rings. The van der Waals surface area contributed by atoms with Crippen molar-refractivity contribution in [3.63, 3.8) is 0 Å². The first-order valence-corrected chi connectivity index (χ1v) is 4.92. The predicted octanol–water partition coefficient (Wildman–Crippen LogP) is 1.49. The summed E-state index contributed by atoms with van der Waals surface area (Å²) in [4.78, 5) is 2.36. The molecule has 1 rings (SSSR count). The number of hydrogen-bond donors (Lipinski definition) is 1. The summed E-state index contributed by atoms with van der Waals surface area (Å²) in [6.45, 7) is 9.20. The number of aliphatic hydroxyl groups is 1. The zero-order valence-corrected chi connectivity index (χ0v) is 8.51. The van der Waals surface area contributed by atoms with E-state index >= 15 is 0 Å². The number of β-amino-alcohol motifs (C(OH)–C–C–N with tert-alkyl or cyclic N) is 1. The highest BCUT2D eigenvalue weighted by molar-refractivity contribution is 4.76. The molecule has 0 saturated carbocycles. The second-order valence-corrected chi connectivity index (χ2v) is 4.77. The summed E-state index contributed by atoms with van der Waals surface area (Å²) in [5.74, 6) is 0.878. The third-order valence-electron chi connectivity index (χ3n) is 2.49. The topological polar surface area (TPSA) is 23.5 Å². The van der Waals surface area contributed by atoms with Gasteiger partial charge in [-0.2, -0.15) is 0 Å². The highest BCUT2D eigenvalue weighted by atomic mass is 16.3. The van der Waals surface area contributed by atoms with E-state index in [-0.39, 0.29) is 0 Å². The second kappa shape index (κ2) is 3.75. The van der Waals surface area contributed by atoms with Crippen LogP contribution in [0.25, 0.3) is 0 Å². The summed E-state index contributed by atoms with van der Waals surface area (Å²) < 4.78 is 0. The van der Waals surface area contributed by atoms with Crippen LogP contribution in [0.4, 0.5) is 0 Å². The van der Waals surface area contributed by atoms with Crippen LogP contribution in [0.3, 0.4) is 0 Å². The molecule has 1 saturated heterocycles. The largest absolute Gasteiger partial charge is 0.389 e. The minimum absolute atomic E-state index is 0.527. The fourth-order valence-electron chi connectivity index (χ4n) is 1.77. The van der Waals surface area contributed by atoms with Crippen molar-refractivity contribution in [2.24, 2.45) is 5.92 Å². The van der Waals surface area contributed by atoms with Crippen molar-refractivity contribution in [1.29, 1.82) is 0 Å². The van der Waals surface area contributed by atoms with E-state index in [1.165, 1.54) is 12.8 Å². The number of piperidine rings is 1. The normalized spacial score (nSPS) is 23.0. The second-order valence-electron chi connectivity index (χ2n) is 4.77. The van der Waals surface area contributed by atoms with Crippen LogP contribution >= 0.6 is 0 Å². The quantitative estimate of drug-likeness (QED) is 0.680. The van der Waals surface area contributed by atoms with Crippen molar-refractivity contribution in [1.82, 2.24) is 4.90 Å². The fraction of sp³-hybridized carbons (Fsp3) is 1.00. The van der Waals surface area contributed by atoms with Gasteiger partial charge < -0.3 is 10.0 Å². The number of nitrogens with zero attached hydrogens (tertiary/aromatic N) is 1. The van der Waals surface area contributed by atoms with E-state index in [0.29, 0.717) is 0 Å². The summed E-state index contributed by atoms with van der Waals surface area (Å²) in [5.41, 5.74) is -0.527. The van der Waals surface area contributed by atoms with E-state index in [4.69, 9.17) is 0 Å². The molecule has 1 heterocycles. The number of likely N-dealkylation sites (tertiary alicyclic amines) is 1. The molecule has 1 aliphatic heterocycles. The molecule has 1 fully saturated rings. The number of hydrogen-bond acceptors (Lipinski definition) is 2. The Morgan fingerprint density at radius 1 is 1.33 bits per heavy atom. The van der Waals surface area contributed by atoms with Crippen LogP contribution in [0.5, 0.6) is 0 Å². The van der Waals surface area contributed by atoms with Crippen LogP contribution in [0.2, 0.25) is 0 Å². The lowest BCUT2D eigenvalue weighted by Gasteiger charge is -2.34. The maximum atomic E-state index is 9.59. The van der Waals surface area contributed by atoms with E-state index in [0.717, 1.165) is 25.6 Å². The summed E-state index contributed by atoms with van der Waals surface area (Å²) in [6.07, 6.45) is 2.58. The van der Waals surface area contributed by atoms with Crippen LogP contribution in [0.15, 0.2) is 0 Å². The van der Waals surface area contributed by atoms with Gasteiger partial charge in [0.15, 0.2) is 0 Å². The molecule has 0 amide bonds. The van der Waals surface area contributed by atoms with E-state index < -0.39 is 5.60 Å². The van der Waals surface area contributed by atoms with E-state index in [9.17, 15) is 5.11 Å². The summed E-state index contributed by atoms with van der Waals surface area (Å²) in [7, 11) is 0. The molecule has 2 nitrogen and oxygen atoms in total. The zero-order chi connectivity index (χ0) is 9.19.